The van der Waals surface area contributed by atoms with Gasteiger partial charge in [0.15, 0.2) is 0 Å². The van der Waals surface area contributed by atoms with E-state index in [9.17, 15) is 19.4 Å². The third-order valence-electron chi connectivity index (χ3n) is 15.6. The standard InChI is InChI=1S/C68H133N2O6P/c1-6-8-10-12-14-16-18-20-22-24-25-26-27-28-29-30-31-32-33-34-35-36-37-38-39-40-41-42-43-44-45-46-48-50-52-54-56-58-60-62-68(72)69-66(65-76-77(73,74)75-64-63-70(3,4)5)67(71)61-59-57-55-53-51-49-47-23-21-19-17-15-13-11-9-7-2/h18,20,24-25,59,61,66-67,71H,6-17,19,21-23,26-58,60,62-65H2,1-5H3,(H-,69,72,73,74)/b20-18-,25-24-,61-59+. The van der Waals surface area contributed by atoms with Crippen LogP contribution in [0.4, 0.5) is 0 Å². The number of quaternary nitrogens is 1. The summed E-state index contributed by atoms with van der Waals surface area (Å²) < 4.78 is 23.4. The largest absolute Gasteiger partial charge is 0.756 e. The molecule has 0 rings (SSSR count). The van der Waals surface area contributed by atoms with Gasteiger partial charge in [0.05, 0.1) is 39.9 Å². The van der Waals surface area contributed by atoms with Gasteiger partial charge in [0.2, 0.25) is 5.91 Å². The fraction of sp³-hybridized carbons (Fsp3) is 0.897. The first-order valence-electron chi connectivity index (χ1n) is 33.9. The molecule has 0 saturated carbocycles. The number of carbonyl (C=O) groups is 1. The van der Waals surface area contributed by atoms with Gasteiger partial charge in [-0.25, -0.2) is 0 Å². The molecular weight excluding hydrogens is 972 g/mol. The number of rotatable bonds is 63. The van der Waals surface area contributed by atoms with Gasteiger partial charge in [-0.3, -0.25) is 9.36 Å². The number of hydrogen-bond donors (Lipinski definition) is 2. The van der Waals surface area contributed by atoms with Crippen LogP contribution in [0.2, 0.25) is 0 Å². The molecule has 0 spiro atoms. The summed E-state index contributed by atoms with van der Waals surface area (Å²) in [5.41, 5.74) is 0. The maximum atomic E-state index is 13.0. The van der Waals surface area contributed by atoms with Gasteiger partial charge in [-0.2, -0.15) is 0 Å². The SMILES string of the molecule is CCCCCCC/C=C\C/C=C\CCCCCCCCCCCCCCCCCCCCCCCCCCCCCC(=O)NC(COP(=O)([O-])OCC[N+](C)(C)C)C(O)/C=C/CCCCCCCCCCCCCCCC. The molecule has 456 valence electrons. The smallest absolute Gasteiger partial charge is 0.268 e. The molecule has 1 amide bonds. The lowest BCUT2D eigenvalue weighted by Gasteiger charge is -2.29. The third kappa shape index (κ3) is 62.2. The molecule has 0 aromatic carbocycles. The van der Waals surface area contributed by atoms with Gasteiger partial charge in [-0.05, 0) is 51.4 Å². The average molecular weight is 1110 g/mol. The Morgan fingerprint density at radius 1 is 0.455 bits per heavy atom. The number of unbranched alkanes of at least 4 members (excludes halogenated alkanes) is 46. The fourth-order valence-electron chi connectivity index (χ4n) is 10.3. The van der Waals surface area contributed by atoms with E-state index in [0.29, 0.717) is 17.4 Å². The van der Waals surface area contributed by atoms with Crippen LogP contribution < -0.4 is 10.2 Å². The van der Waals surface area contributed by atoms with Crippen LogP contribution in [0.5, 0.6) is 0 Å². The first-order chi connectivity index (χ1) is 37.5. The van der Waals surface area contributed by atoms with E-state index in [2.05, 4.69) is 43.5 Å². The van der Waals surface area contributed by atoms with Crippen molar-refractivity contribution in [1.82, 2.24) is 5.32 Å². The number of allylic oxidation sites excluding steroid dienone is 5. The number of aliphatic hydroxyl groups is 1. The van der Waals surface area contributed by atoms with Crippen LogP contribution in [0.3, 0.4) is 0 Å². The van der Waals surface area contributed by atoms with Gasteiger partial charge >= 0.3 is 0 Å². The molecule has 3 unspecified atom stereocenters. The molecule has 0 heterocycles. The molecule has 0 aromatic rings. The van der Waals surface area contributed by atoms with Gasteiger partial charge in [0.1, 0.15) is 13.2 Å². The summed E-state index contributed by atoms with van der Waals surface area (Å²) in [7, 11) is 1.28. The van der Waals surface area contributed by atoms with Crippen molar-refractivity contribution in [3.05, 3.63) is 36.5 Å². The highest BCUT2D eigenvalue weighted by Crippen LogP contribution is 2.38. The predicted octanol–water partition coefficient (Wildman–Crippen LogP) is 20.6. The van der Waals surface area contributed by atoms with Crippen LogP contribution in [0.25, 0.3) is 0 Å². The Balaban J connectivity index is 3.89. The molecule has 3 atom stereocenters. The maximum absolute atomic E-state index is 13.0. The van der Waals surface area contributed by atoms with Crippen molar-refractivity contribution >= 4 is 13.7 Å². The van der Waals surface area contributed by atoms with Crippen molar-refractivity contribution in [1.29, 1.82) is 0 Å². The van der Waals surface area contributed by atoms with E-state index in [1.165, 1.54) is 276 Å². The molecule has 8 nitrogen and oxygen atoms in total. The monoisotopic (exact) mass is 1100 g/mol. The number of amides is 1. The van der Waals surface area contributed by atoms with E-state index >= 15 is 0 Å². The van der Waals surface area contributed by atoms with Crippen LogP contribution in [0.15, 0.2) is 36.5 Å². The van der Waals surface area contributed by atoms with E-state index in [0.717, 1.165) is 44.9 Å². The summed E-state index contributed by atoms with van der Waals surface area (Å²) in [5.74, 6) is -0.191. The van der Waals surface area contributed by atoms with E-state index in [1.807, 2.05) is 27.2 Å². The van der Waals surface area contributed by atoms with Gasteiger partial charge in [-0.15, -0.1) is 0 Å². The lowest BCUT2D eigenvalue weighted by atomic mass is 10.0. The number of carbonyl (C=O) groups excluding carboxylic acids is 1. The quantitative estimate of drug-likeness (QED) is 0.0272. The molecule has 9 heteroatoms. The zero-order valence-corrected chi connectivity index (χ0v) is 53.1. The first kappa shape index (κ1) is 75.7. The Labute approximate surface area is 480 Å². The number of aliphatic hydroxyl groups excluding tert-OH is 1. The minimum absolute atomic E-state index is 0.00147. The summed E-state index contributed by atoms with van der Waals surface area (Å²) in [6.45, 7) is 4.68. The van der Waals surface area contributed by atoms with E-state index in [-0.39, 0.29) is 19.1 Å². The molecule has 0 bridgehead atoms. The predicted molar refractivity (Wildman–Crippen MR) is 335 cm³/mol. The summed E-state index contributed by atoms with van der Waals surface area (Å²) in [6.07, 6.45) is 78.4. The Bertz CT molecular complexity index is 1350. The number of phosphoric acid groups is 1. The van der Waals surface area contributed by atoms with Crippen LogP contribution in [-0.2, 0) is 18.4 Å². The summed E-state index contributed by atoms with van der Waals surface area (Å²) >= 11 is 0. The minimum Gasteiger partial charge on any atom is -0.756 e. The van der Waals surface area contributed by atoms with Crippen molar-refractivity contribution < 1.29 is 32.9 Å². The second kappa shape index (κ2) is 59.3. The van der Waals surface area contributed by atoms with Crippen LogP contribution >= 0.6 is 7.82 Å². The topological polar surface area (TPSA) is 108 Å². The van der Waals surface area contributed by atoms with Crippen LogP contribution in [0, 0.1) is 0 Å². The molecular formula is C68H133N2O6P. The highest BCUT2D eigenvalue weighted by Gasteiger charge is 2.23. The number of likely N-dealkylation sites (N-methyl/N-ethyl adjacent to an activating group) is 1. The number of nitrogens with one attached hydrogen (secondary N) is 1. The van der Waals surface area contributed by atoms with E-state index in [1.54, 1.807) is 6.08 Å². The Hall–Kier alpha value is -1.28. The van der Waals surface area contributed by atoms with E-state index < -0.39 is 20.0 Å². The third-order valence-corrected chi connectivity index (χ3v) is 16.6. The lowest BCUT2D eigenvalue weighted by molar-refractivity contribution is -0.870. The van der Waals surface area contributed by atoms with Crippen molar-refractivity contribution in [2.75, 3.05) is 40.9 Å². The Morgan fingerprint density at radius 3 is 1.08 bits per heavy atom. The van der Waals surface area contributed by atoms with Crippen molar-refractivity contribution in [3.63, 3.8) is 0 Å². The fourth-order valence-corrected chi connectivity index (χ4v) is 11.0. The maximum Gasteiger partial charge on any atom is 0.268 e. The molecule has 0 saturated heterocycles. The molecule has 0 radical (unpaired) electrons. The molecule has 0 fully saturated rings. The lowest BCUT2D eigenvalue weighted by Crippen LogP contribution is -2.45. The summed E-state index contributed by atoms with van der Waals surface area (Å²) in [4.78, 5) is 25.5. The van der Waals surface area contributed by atoms with Gasteiger partial charge in [-0.1, -0.05) is 320 Å². The summed E-state index contributed by atoms with van der Waals surface area (Å²) in [6, 6.07) is -0.884. The van der Waals surface area contributed by atoms with Crippen molar-refractivity contribution in [3.8, 4) is 0 Å². The average Bonchev–Trinajstić information content (AvgIpc) is 3.39. The molecule has 0 aliphatic heterocycles. The second-order valence-electron chi connectivity index (χ2n) is 24.5. The highest BCUT2D eigenvalue weighted by molar-refractivity contribution is 7.45. The molecule has 0 aliphatic carbocycles. The van der Waals surface area contributed by atoms with Crippen LogP contribution in [-0.4, -0.2) is 68.5 Å². The molecule has 0 aromatic heterocycles. The zero-order valence-electron chi connectivity index (χ0n) is 52.2. The molecule has 0 aliphatic rings. The number of nitrogens with zero attached hydrogens (tertiary/aromatic N) is 1. The highest BCUT2D eigenvalue weighted by atomic mass is 31.2. The summed E-state index contributed by atoms with van der Waals surface area (Å²) in [5, 5.41) is 13.9. The molecule has 2 N–H and O–H groups in total. The number of hydrogen-bond acceptors (Lipinski definition) is 6. The van der Waals surface area contributed by atoms with Gasteiger partial charge in [0.25, 0.3) is 7.82 Å². The first-order valence-corrected chi connectivity index (χ1v) is 35.3. The molecule has 77 heavy (non-hydrogen) atoms. The van der Waals surface area contributed by atoms with E-state index in [4.69, 9.17) is 9.05 Å². The minimum atomic E-state index is -4.60. The zero-order chi connectivity index (χ0) is 56.3. The van der Waals surface area contributed by atoms with Crippen molar-refractivity contribution in [2.24, 2.45) is 0 Å². The van der Waals surface area contributed by atoms with Crippen LogP contribution in [0.1, 0.15) is 341 Å². The van der Waals surface area contributed by atoms with Gasteiger partial charge < -0.3 is 28.8 Å². The Kier molecular flexibility index (Phi) is 58.4. The van der Waals surface area contributed by atoms with Gasteiger partial charge in [0, 0.05) is 6.42 Å². The second-order valence-corrected chi connectivity index (χ2v) is 25.9. The van der Waals surface area contributed by atoms with Crippen molar-refractivity contribution in [2.45, 2.75) is 353 Å². The Morgan fingerprint density at radius 2 is 0.753 bits per heavy atom. The normalized spacial score (nSPS) is 13.9. The number of phosphoric ester groups is 1.